The van der Waals surface area contributed by atoms with Gasteiger partial charge in [-0.05, 0) is 18.9 Å². The standard InChI is InChI=1S/C10H19NO/c1-3-4-5-6-7-8-9-10(12)11-2/h8-9H,3-7H2,1-2H3,(H,11,12)/b9-8+. The maximum atomic E-state index is 10.7. The molecule has 0 aliphatic rings. The van der Waals surface area contributed by atoms with Crippen LogP contribution in [0.5, 0.6) is 0 Å². The van der Waals surface area contributed by atoms with Crippen molar-refractivity contribution in [3.05, 3.63) is 12.2 Å². The van der Waals surface area contributed by atoms with E-state index in [0.29, 0.717) is 0 Å². The zero-order valence-electron chi connectivity index (χ0n) is 8.10. The first-order valence-electron chi connectivity index (χ1n) is 4.69. The zero-order chi connectivity index (χ0) is 9.23. The van der Waals surface area contributed by atoms with Crippen molar-refractivity contribution in [2.45, 2.75) is 39.0 Å². The second kappa shape index (κ2) is 8.31. The molecule has 1 amide bonds. The Bertz CT molecular complexity index is 141. The molecule has 0 aliphatic carbocycles. The Labute approximate surface area is 75.0 Å². The topological polar surface area (TPSA) is 29.1 Å². The van der Waals surface area contributed by atoms with Gasteiger partial charge >= 0.3 is 0 Å². The molecule has 0 bridgehead atoms. The van der Waals surface area contributed by atoms with Gasteiger partial charge in [-0.1, -0.05) is 32.3 Å². The average molecular weight is 169 g/mol. The number of carbonyl (C=O) groups excluding carboxylic acids is 1. The maximum Gasteiger partial charge on any atom is 0.243 e. The van der Waals surface area contributed by atoms with Gasteiger partial charge in [0.05, 0.1) is 0 Å². The van der Waals surface area contributed by atoms with Crippen LogP contribution in [0.25, 0.3) is 0 Å². The van der Waals surface area contributed by atoms with Gasteiger partial charge < -0.3 is 5.32 Å². The highest BCUT2D eigenvalue weighted by Crippen LogP contribution is 2.02. The third-order valence-corrected chi connectivity index (χ3v) is 1.74. The summed E-state index contributed by atoms with van der Waals surface area (Å²) in [7, 11) is 1.64. The fraction of sp³-hybridized carbons (Fsp3) is 0.700. The van der Waals surface area contributed by atoms with Gasteiger partial charge in [-0.2, -0.15) is 0 Å². The minimum atomic E-state index is -0.00880. The molecule has 0 rings (SSSR count). The molecular weight excluding hydrogens is 150 g/mol. The number of hydrogen-bond donors (Lipinski definition) is 1. The van der Waals surface area contributed by atoms with Crippen molar-refractivity contribution in [3.8, 4) is 0 Å². The number of nitrogens with one attached hydrogen (secondary N) is 1. The van der Waals surface area contributed by atoms with Gasteiger partial charge in [-0.3, -0.25) is 4.79 Å². The highest BCUT2D eigenvalue weighted by atomic mass is 16.1. The Morgan fingerprint density at radius 3 is 2.67 bits per heavy atom. The first-order valence-corrected chi connectivity index (χ1v) is 4.69. The summed E-state index contributed by atoms with van der Waals surface area (Å²) in [6.45, 7) is 2.19. The molecule has 0 aliphatic heterocycles. The van der Waals surface area contributed by atoms with Gasteiger partial charge in [0.2, 0.25) is 5.91 Å². The van der Waals surface area contributed by atoms with E-state index in [1.54, 1.807) is 13.1 Å². The van der Waals surface area contributed by atoms with Crippen LogP contribution in [-0.4, -0.2) is 13.0 Å². The minimum absolute atomic E-state index is 0.00880. The van der Waals surface area contributed by atoms with E-state index in [9.17, 15) is 4.79 Å². The normalized spacial score (nSPS) is 10.5. The average Bonchev–Trinajstić information content (AvgIpc) is 2.10. The highest BCUT2D eigenvalue weighted by molar-refractivity contribution is 5.87. The largest absolute Gasteiger partial charge is 0.356 e. The zero-order valence-corrected chi connectivity index (χ0v) is 8.10. The number of unbranched alkanes of at least 4 members (excludes halogenated alkanes) is 4. The molecule has 0 aromatic rings. The number of likely N-dealkylation sites (N-methyl/N-ethyl adjacent to an activating group) is 1. The van der Waals surface area contributed by atoms with Gasteiger partial charge in [-0.25, -0.2) is 0 Å². The smallest absolute Gasteiger partial charge is 0.243 e. The lowest BCUT2D eigenvalue weighted by Crippen LogP contribution is -2.13. The van der Waals surface area contributed by atoms with Crippen molar-refractivity contribution in [1.29, 1.82) is 0 Å². The maximum absolute atomic E-state index is 10.7. The summed E-state index contributed by atoms with van der Waals surface area (Å²) in [5.74, 6) is -0.00880. The molecule has 0 radical (unpaired) electrons. The molecule has 70 valence electrons. The van der Waals surface area contributed by atoms with Crippen LogP contribution < -0.4 is 5.32 Å². The lowest BCUT2D eigenvalue weighted by molar-refractivity contribution is -0.116. The third-order valence-electron chi connectivity index (χ3n) is 1.74. The molecule has 0 saturated heterocycles. The van der Waals surface area contributed by atoms with Crippen LogP contribution >= 0.6 is 0 Å². The monoisotopic (exact) mass is 169 g/mol. The summed E-state index contributed by atoms with van der Waals surface area (Å²) in [6.07, 6.45) is 9.59. The van der Waals surface area contributed by atoms with E-state index < -0.39 is 0 Å². The molecule has 0 spiro atoms. The molecule has 0 saturated carbocycles. The molecule has 0 aromatic heterocycles. The lowest BCUT2D eigenvalue weighted by atomic mass is 10.1. The van der Waals surface area contributed by atoms with Crippen LogP contribution in [0.4, 0.5) is 0 Å². The predicted octanol–water partition coefficient (Wildman–Crippen LogP) is 2.26. The van der Waals surface area contributed by atoms with Crippen LogP contribution in [0, 0.1) is 0 Å². The quantitative estimate of drug-likeness (QED) is 0.479. The van der Waals surface area contributed by atoms with E-state index in [4.69, 9.17) is 0 Å². The van der Waals surface area contributed by atoms with Gasteiger partial charge in [0.1, 0.15) is 0 Å². The van der Waals surface area contributed by atoms with Gasteiger partial charge in [0.15, 0.2) is 0 Å². The Morgan fingerprint density at radius 1 is 1.33 bits per heavy atom. The molecule has 2 nitrogen and oxygen atoms in total. The van der Waals surface area contributed by atoms with E-state index in [2.05, 4.69) is 12.2 Å². The molecule has 0 heterocycles. The second-order valence-corrected chi connectivity index (χ2v) is 2.87. The van der Waals surface area contributed by atoms with Crippen molar-refractivity contribution in [2.75, 3.05) is 7.05 Å². The fourth-order valence-corrected chi connectivity index (χ4v) is 0.963. The number of allylic oxidation sites excluding steroid dienone is 1. The Morgan fingerprint density at radius 2 is 2.08 bits per heavy atom. The summed E-state index contributed by atoms with van der Waals surface area (Å²) >= 11 is 0. The van der Waals surface area contributed by atoms with Crippen molar-refractivity contribution in [1.82, 2.24) is 5.32 Å². The van der Waals surface area contributed by atoms with Crippen molar-refractivity contribution < 1.29 is 4.79 Å². The van der Waals surface area contributed by atoms with Gasteiger partial charge in [0, 0.05) is 7.05 Å². The molecule has 2 heteroatoms. The number of rotatable bonds is 6. The summed E-state index contributed by atoms with van der Waals surface area (Å²) in [6, 6.07) is 0. The Hall–Kier alpha value is -0.790. The van der Waals surface area contributed by atoms with E-state index in [0.717, 1.165) is 6.42 Å². The van der Waals surface area contributed by atoms with E-state index in [1.807, 2.05) is 6.08 Å². The van der Waals surface area contributed by atoms with Gasteiger partial charge in [0.25, 0.3) is 0 Å². The van der Waals surface area contributed by atoms with E-state index in [1.165, 1.54) is 25.7 Å². The first-order chi connectivity index (χ1) is 5.81. The highest BCUT2D eigenvalue weighted by Gasteiger charge is 1.87. The minimum Gasteiger partial charge on any atom is -0.356 e. The van der Waals surface area contributed by atoms with Crippen LogP contribution in [0.15, 0.2) is 12.2 Å². The van der Waals surface area contributed by atoms with E-state index >= 15 is 0 Å². The van der Waals surface area contributed by atoms with E-state index in [-0.39, 0.29) is 5.91 Å². The molecule has 12 heavy (non-hydrogen) atoms. The van der Waals surface area contributed by atoms with Crippen LogP contribution in [0.2, 0.25) is 0 Å². The van der Waals surface area contributed by atoms with Crippen molar-refractivity contribution >= 4 is 5.91 Å². The number of carbonyl (C=O) groups is 1. The summed E-state index contributed by atoms with van der Waals surface area (Å²) < 4.78 is 0. The molecule has 0 unspecified atom stereocenters. The molecular formula is C10H19NO. The molecule has 0 atom stereocenters. The summed E-state index contributed by atoms with van der Waals surface area (Å²) in [5.41, 5.74) is 0. The molecule has 0 aromatic carbocycles. The van der Waals surface area contributed by atoms with Crippen molar-refractivity contribution in [2.24, 2.45) is 0 Å². The lowest BCUT2D eigenvalue weighted by Gasteiger charge is -1.94. The van der Waals surface area contributed by atoms with Crippen LogP contribution in [0.3, 0.4) is 0 Å². The number of amides is 1. The first kappa shape index (κ1) is 11.2. The second-order valence-electron chi connectivity index (χ2n) is 2.87. The summed E-state index contributed by atoms with van der Waals surface area (Å²) in [5, 5.41) is 2.54. The van der Waals surface area contributed by atoms with Crippen LogP contribution in [-0.2, 0) is 4.79 Å². The predicted molar refractivity (Wildman–Crippen MR) is 52.0 cm³/mol. The Kier molecular flexibility index (Phi) is 7.76. The molecule has 1 N–H and O–H groups in total. The summed E-state index contributed by atoms with van der Waals surface area (Å²) in [4.78, 5) is 10.7. The SMILES string of the molecule is CCCCCC/C=C/C(=O)NC. The Balaban J connectivity index is 3.18. The van der Waals surface area contributed by atoms with Crippen molar-refractivity contribution in [3.63, 3.8) is 0 Å². The van der Waals surface area contributed by atoms with Crippen LogP contribution in [0.1, 0.15) is 39.0 Å². The fourth-order valence-electron chi connectivity index (χ4n) is 0.963. The molecule has 0 fully saturated rings. The van der Waals surface area contributed by atoms with Gasteiger partial charge in [-0.15, -0.1) is 0 Å². The third kappa shape index (κ3) is 7.32. The number of hydrogen-bond acceptors (Lipinski definition) is 1.